The normalized spacial score (nSPS) is 29.4. The first-order valence-corrected chi connectivity index (χ1v) is 15.8. The van der Waals surface area contributed by atoms with Crippen molar-refractivity contribution in [2.24, 2.45) is 23.7 Å². The van der Waals surface area contributed by atoms with Gasteiger partial charge in [-0.15, -0.1) is 0 Å². The van der Waals surface area contributed by atoms with Crippen LogP contribution in [0.4, 0.5) is 5.69 Å². The first-order valence-electron chi connectivity index (χ1n) is 14.4. The van der Waals surface area contributed by atoms with Gasteiger partial charge < -0.3 is 9.84 Å². The molecule has 2 heterocycles. The molecular weight excluding hydrogens is 695 g/mol. The van der Waals surface area contributed by atoms with Crippen LogP contribution in [0.3, 0.4) is 0 Å². The van der Waals surface area contributed by atoms with Gasteiger partial charge in [0.25, 0.3) is 0 Å². The van der Waals surface area contributed by atoms with Gasteiger partial charge in [-0.05, 0) is 82.8 Å². The monoisotopic (exact) mass is 722 g/mol. The number of allylic oxidation sites excluding steroid dienone is 2. The molecule has 1 saturated carbocycles. The highest BCUT2D eigenvalue weighted by Crippen LogP contribution is 2.64. The highest BCUT2D eigenvalue weighted by Gasteiger charge is 2.70. The Morgan fingerprint density at radius 2 is 1.70 bits per heavy atom. The number of phenolic OH excluding ortho intramolecular Hbond substituents is 1. The van der Waals surface area contributed by atoms with Crippen molar-refractivity contribution in [3.8, 4) is 11.5 Å². The summed E-state index contributed by atoms with van der Waals surface area (Å²) in [5.74, 6) is -4.20. The average molecular weight is 723 g/mol. The van der Waals surface area contributed by atoms with Crippen molar-refractivity contribution in [3.05, 3.63) is 98.1 Å². The zero-order valence-corrected chi connectivity index (χ0v) is 26.8. The van der Waals surface area contributed by atoms with Gasteiger partial charge >= 0.3 is 0 Å². The lowest BCUT2D eigenvalue weighted by Crippen LogP contribution is -2.53. The maximum atomic E-state index is 15.2. The van der Waals surface area contributed by atoms with Gasteiger partial charge in [0.1, 0.15) is 0 Å². The second-order valence-electron chi connectivity index (χ2n) is 11.9. The summed E-state index contributed by atoms with van der Waals surface area (Å²) in [5, 5.41) is 11.2. The molecule has 0 bridgehead atoms. The number of halogens is 2. The number of carbonyl (C=O) groups excluding carboxylic acids is 4. The summed E-state index contributed by atoms with van der Waals surface area (Å²) >= 11 is 8.38. The number of ether oxygens (including phenoxy) is 1. The van der Waals surface area contributed by atoms with Gasteiger partial charge in [0, 0.05) is 18.0 Å². The Labute approximate surface area is 272 Å². The molecule has 2 saturated heterocycles. The van der Waals surface area contributed by atoms with E-state index in [1.807, 2.05) is 65.1 Å². The van der Waals surface area contributed by atoms with Crippen molar-refractivity contribution in [2.75, 3.05) is 19.1 Å². The number of amides is 4. The maximum Gasteiger partial charge on any atom is 0.246 e. The van der Waals surface area contributed by atoms with Crippen molar-refractivity contribution in [1.82, 2.24) is 4.90 Å². The summed E-state index contributed by atoms with van der Waals surface area (Å²) in [5.41, 5.74) is 1.17. The lowest BCUT2D eigenvalue weighted by Gasteiger charge is -2.50. The third-order valence-electron chi connectivity index (χ3n) is 9.99. The number of methoxy groups -OCH3 is 1. The van der Waals surface area contributed by atoms with Crippen molar-refractivity contribution in [1.29, 1.82) is 0 Å². The molecule has 44 heavy (non-hydrogen) atoms. The maximum absolute atomic E-state index is 15.2. The summed E-state index contributed by atoms with van der Waals surface area (Å²) < 4.78 is 6.07. The molecule has 2 aliphatic carbocycles. The molecule has 8 nitrogen and oxygen atoms in total. The molecule has 0 radical (unpaired) electrons. The van der Waals surface area contributed by atoms with Crippen LogP contribution in [-0.2, 0) is 24.6 Å². The van der Waals surface area contributed by atoms with Crippen LogP contribution in [0.15, 0.2) is 78.4 Å². The van der Waals surface area contributed by atoms with Crippen molar-refractivity contribution < 1.29 is 29.0 Å². The number of fused-ring (bicyclic) bond motifs is 4. The number of imide groups is 2. The molecule has 3 fully saturated rings. The Bertz CT molecular complexity index is 1790. The van der Waals surface area contributed by atoms with Gasteiger partial charge in [-0.3, -0.25) is 24.1 Å². The van der Waals surface area contributed by atoms with Gasteiger partial charge in [-0.2, -0.15) is 0 Å². The lowest BCUT2D eigenvalue weighted by molar-refractivity contribution is -0.138. The summed E-state index contributed by atoms with van der Waals surface area (Å²) in [6, 6.07) is 19.5. The number of aromatic hydroxyl groups is 1. The van der Waals surface area contributed by atoms with Crippen molar-refractivity contribution >= 4 is 63.5 Å². The van der Waals surface area contributed by atoms with E-state index in [0.29, 0.717) is 31.8 Å². The molecule has 0 aromatic heterocycles. The SMILES string of the molecule is COc1cc(C2C3=CCC4C(=O)N(C)C(=O)C4C3CC3C(=O)N(c4cccc(Cl)c4)C(=O)C32c2ccccc2)cc(I)c1O. The second-order valence-corrected chi connectivity index (χ2v) is 13.5. The number of likely N-dealkylation sites (tertiary alicyclic amines) is 1. The van der Waals surface area contributed by atoms with E-state index in [2.05, 4.69) is 0 Å². The highest BCUT2D eigenvalue weighted by atomic mass is 127. The third kappa shape index (κ3) is 3.87. The fraction of sp³-hybridized carbons (Fsp3) is 0.294. The number of carbonyl (C=O) groups is 4. The Kier molecular flexibility index (Phi) is 6.89. The zero-order chi connectivity index (χ0) is 31.1. The second kappa shape index (κ2) is 10.4. The van der Waals surface area contributed by atoms with Crippen LogP contribution in [-0.4, -0.2) is 47.8 Å². The predicted octanol–water partition coefficient (Wildman–Crippen LogP) is 5.45. The number of rotatable bonds is 4. The third-order valence-corrected chi connectivity index (χ3v) is 11.0. The van der Waals surface area contributed by atoms with Crippen LogP contribution < -0.4 is 9.64 Å². The molecular formula is C34H28ClIN2O6. The topological polar surface area (TPSA) is 104 Å². The Morgan fingerprint density at radius 3 is 2.41 bits per heavy atom. The minimum Gasteiger partial charge on any atom is -0.504 e. The van der Waals surface area contributed by atoms with E-state index in [4.69, 9.17) is 16.3 Å². The Balaban J connectivity index is 1.54. The van der Waals surface area contributed by atoms with E-state index in [9.17, 15) is 19.5 Å². The fourth-order valence-corrected chi connectivity index (χ4v) is 9.00. The number of anilines is 1. The molecule has 224 valence electrons. The van der Waals surface area contributed by atoms with Crippen molar-refractivity contribution in [2.45, 2.75) is 24.2 Å². The zero-order valence-electron chi connectivity index (χ0n) is 23.9. The molecule has 6 atom stereocenters. The number of phenols is 1. The van der Waals surface area contributed by atoms with Gasteiger partial charge in [-0.1, -0.05) is 59.6 Å². The smallest absolute Gasteiger partial charge is 0.246 e. The lowest BCUT2D eigenvalue weighted by atomic mass is 9.49. The first kappa shape index (κ1) is 29.0. The Hall–Kier alpha value is -3.70. The van der Waals surface area contributed by atoms with Crippen LogP contribution in [0.5, 0.6) is 11.5 Å². The summed E-state index contributed by atoms with van der Waals surface area (Å²) in [4.78, 5) is 59.0. The summed E-state index contributed by atoms with van der Waals surface area (Å²) in [6.45, 7) is 0. The van der Waals surface area contributed by atoms with E-state index in [1.165, 1.54) is 24.0 Å². The van der Waals surface area contributed by atoms with E-state index in [1.54, 1.807) is 30.3 Å². The molecule has 10 heteroatoms. The van der Waals surface area contributed by atoms with Crippen LogP contribution in [0.1, 0.15) is 29.9 Å². The van der Waals surface area contributed by atoms with Gasteiger partial charge in [0.2, 0.25) is 23.6 Å². The Morgan fingerprint density at radius 1 is 0.955 bits per heavy atom. The number of benzene rings is 3. The molecule has 4 amide bonds. The molecule has 3 aromatic carbocycles. The van der Waals surface area contributed by atoms with Crippen LogP contribution in [0.25, 0.3) is 0 Å². The molecule has 6 unspecified atom stereocenters. The van der Waals surface area contributed by atoms with E-state index >= 15 is 4.79 Å². The molecule has 4 aliphatic rings. The largest absolute Gasteiger partial charge is 0.504 e. The minimum atomic E-state index is -1.39. The predicted molar refractivity (Wildman–Crippen MR) is 171 cm³/mol. The summed E-state index contributed by atoms with van der Waals surface area (Å²) in [7, 11) is 2.97. The average Bonchev–Trinajstić information content (AvgIpc) is 3.39. The van der Waals surface area contributed by atoms with Gasteiger partial charge in [-0.25, -0.2) is 4.90 Å². The quantitative estimate of drug-likeness (QED) is 0.218. The number of hydrogen-bond acceptors (Lipinski definition) is 6. The van der Waals surface area contributed by atoms with Crippen molar-refractivity contribution in [3.63, 3.8) is 0 Å². The molecule has 1 N–H and O–H groups in total. The van der Waals surface area contributed by atoms with Crippen LogP contribution in [0, 0.1) is 27.2 Å². The van der Waals surface area contributed by atoms with E-state index in [-0.39, 0.29) is 41.5 Å². The number of hydrogen-bond donors (Lipinski definition) is 1. The number of nitrogens with zero attached hydrogens (tertiary/aromatic N) is 2. The molecule has 3 aromatic rings. The van der Waals surface area contributed by atoms with Crippen LogP contribution >= 0.6 is 34.2 Å². The van der Waals surface area contributed by atoms with Crippen LogP contribution in [0.2, 0.25) is 5.02 Å². The highest BCUT2D eigenvalue weighted by molar-refractivity contribution is 14.1. The molecule has 7 rings (SSSR count). The standard InChI is InChI=1S/C34H28ClIN2O6/c1-37-30(40)22-12-11-21-23(27(22)32(37)42)16-24-31(41)38(20-10-6-9-19(35)15-20)33(43)34(24,18-7-4-3-5-8-18)28(21)17-13-25(36)29(39)26(14-17)44-2/h3-11,13-15,22-24,27-28,39H,12,16H2,1-2H3. The van der Waals surface area contributed by atoms with Gasteiger partial charge in [0.05, 0.1) is 39.5 Å². The molecule has 2 aliphatic heterocycles. The summed E-state index contributed by atoms with van der Waals surface area (Å²) in [6.07, 6.45) is 2.58. The first-order chi connectivity index (χ1) is 21.1. The van der Waals surface area contributed by atoms with Gasteiger partial charge in [0.15, 0.2) is 11.5 Å². The molecule has 0 spiro atoms. The van der Waals surface area contributed by atoms with E-state index in [0.717, 1.165) is 5.57 Å². The fourth-order valence-electron chi connectivity index (χ4n) is 8.19. The minimum absolute atomic E-state index is 0.0280. The van der Waals surface area contributed by atoms with E-state index < -0.39 is 35.0 Å².